The summed E-state index contributed by atoms with van der Waals surface area (Å²) in [5.74, 6) is 1.45. The third-order valence-electron chi connectivity index (χ3n) is 3.29. The van der Waals surface area contributed by atoms with Crippen LogP contribution < -0.4 is 19.5 Å². The number of amides is 1. The predicted molar refractivity (Wildman–Crippen MR) is 97.4 cm³/mol. The summed E-state index contributed by atoms with van der Waals surface area (Å²) in [7, 11) is 3.11. The van der Waals surface area contributed by atoms with Gasteiger partial charge < -0.3 is 19.5 Å². The van der Waals surface area contributed by atoms with Crippen LogP contribution in [0.3, 0.4) is 0 Å². The maximum Gasteiger partial charge on any atom is 0.259 e. The molecule has 6 heteroatoms. The standard InChI is InChI=1S/C18H20BrNO4/c1-4-9-24-15-7-5-12(19)10-14(15)18(21)20-13-6-8-16(22-2)17(11-13)23-3/h5-8,10-11H,4,9H2,1-3H3,(H,20,21). The Morgan fingerprint density at radius 2 is 1.75 bits per heavy atom. The van der Waals surface area contributed by atoms with E-state index in [1.807, 2.05) is 13.0 Å². The fraction of sp³-hybridized carbons (Fsp3) is 0.278. The van der Waals surface area contributed by atoms with Gasteiger partial charge in [-0.2, -0.15) is 0 Å². The molecule has 1 N–H and O–H groups in total. The first-order valence-electron chi connectivity index (χ1n) is 7.54. The molecule has 0 radical (unpaired) electrons. The summed E-state index contributed by atoms with van der Waals surface area (Å²) >= 11 is 3.39. The van der Waals surface area contributed by atoms with Crippen molar-refractivity contribution >= 4 is 27.5 Å². The third kappa shape index (κ3) is 4.41. The van der Waals surface area contributed by atoms with Crippen LogP contribution in [-0.2, 0) is 0 Å². The predicted octanol–water partition coefficient (Wildman–Crippen LogP) is 4.51. The van der Waals surface area contributed by atoms with Crippen LogP contribution in [0.5, 0.6) is 17.2 Å². The van der Waals surface area contributed by atoms with E-state index in [9.17, 15) is 4.79 Å². The molecule has 0 aliphatic carbocycles. The highest BCUT2D eigenvalue weighted by molar-refractivity contribution is 9.10. The lowest BCUT2D eigenvalue weighted by atomic mass is 10.1. The summed E-state index contributed by atoms with van der Waals surface area (Å²) in [5.41, 5.74) is 1.08. The van der Waals surface area contributed by atoms with E-state index in [0.717, 1.165) is 10.9 Å². The van der Waals surface area contributed by atoms with Gasteiger partial charge >= 0.3 is 0 Å². The molecule has 24 heavy (non-hydrogen) atoms. The van der Waals surface area contributed by atoms with Crippen LogP contribution in [0.1, 0.15) is 23.7 Å². The van der Waals surface area contributed by atoms with Crippen LogP contribution in [0.15, 0.2) is 40.9 Å². The molecule has 1 amide bonds. The minimum atomic E-state index is -0.255. The first-order valence-corrected chi connectivity index (χ1v) is 8.34. The molecule has 0 unspecified atom stereocenters. The van der Waals surface area contributed by atoms with E-state index in [2.05, 4.69) is 21.2 Å². The highest BCUT2D eigenvalue weighted by Crippen LogP contribution is 2.30. The summed E-state index contributed by atoms with van der Waals surface area (Å²) in [6.07, 6.45) is 0.868. The number of ether oxygens (including phenoxy) is 3. The molecule has 2 rings (SSSR count). The minimum absolute atomic E-state index is 0.255. The molecular weight excluding hydrogens is 374 g/mol. The van der Waals surface area contributed by atoms with Crippen LogP contribution in [-0.4, -0.2) is 26.7 Å². The highest BCUT2D eigenvalue weighted by Gasteiger charge is 2.15. The number of rotatable bonds is 7. The van der Waals surface area contributed by atoms with Crippen LogP contribution in [0.25, 0.3) is 0 Å². The first kappa shape index (κ1) is 18.1. The molecule has 0 fully saturated rings. The maximum absolute atomic E-state index is 12.6. The third-order valence-corrected chi connectivity index (χ3v) is 3.78. The highest BCUT2D eigenvalue weighted by atomic mass is 79.9. The summed E-state index contributed by atoms with van der Waals surface area (Å²) < 4.78 is 16.9. The van der Waals surface area contributed by atoms with Crippen LogP contribution in [0, 0.1) is 0 Å². The van der Waals surface area contributed by atoms with E-state index in [1.54, 1.807) is 44.6 Å². The Labute approximate surface area is 150 Å². The number of halogens is 1. The Bertz CT molecular complexity index is 718. The van der Waals surface area contributed by atoms with Gasteiger partial charge in [-0.25, -0.2) is 0 Å². The number of methoxy groups -OCH3 is 2. The number of hydrogen-bond donors (Lipinski definition) is 1. The summed E-state index contributed by atoms with van der Waals surface area (Å²) in [5, 5.41) is 2.85. The van der Waals surface area contributed by atoms with Gasteiger partial charge in [0.15, 0.2) is 11.5 Å². The number of benzene rings is 2. The number of hydrogen-bond acceptors (Lipinski definition) is 4. The zero-order chi connectivity index (χ0) is 17.5. The van der Waals surface area contributed by atoms with Gasteiger partial charge in [-0.05, 0) is 36.8 Å². The van der Waals surface area contributed by atoms with Gasteiger partial charge in [0.1, 0.15) is 5.75 Å². The van der Waals surface area contributed by atoms with Gasteiger partial charge in [-0.3, -0.25) is 4.79 Å². The van der Waals surface area contributed by atoms with Crippen LogP contribution in [0.2, 0.25) is 0 Å². The van der Waals surface area contributed by atoms with Crippen molar-refractivity contribution in [2.24, 2.45) is 0 Å². The van der Waals surface area contributed by atoms with E-state index < -0.39 is 0 Å². The fourth-order valence-corrected chi connectivity index (χ4v) is 2.49. The zero-order valence-electron chi connectivity index (χ0n) is 13.9. The lowest BCUT2D eigenvalue weighted by molar-refractivity contribution is 0.102. The Morgan fingerprint density at radius 3 is 2.42 bits per heavy atom. The molecule has 0 heterocycles. The van der Waals surface area contributed by atoms with E-state index in [0.29, 0.717) is 35.1 Å². The molecule has 0 bridgehead atoms. The maximum atomic E-state index is 12.6. The minimum Gasteiger partial charge on any atom is -0.493 e. The van der Waals surface area contributed by atoms with Gasteiger partial charge in [-0.15, -0.1) is 0 Å². The second kappa shape index (κ2) is 8.59. The smallest absolute Gasteiger partial charge is 0.259 e. The monoisotopic (exact) mass is 393 g/mol. The molecule has 2 aromatic rings. The van der Waals surface area contributed by atoms with Crippen molar-refractivity contribution in [2.75, 3.05) is 26.1 Å². The lowest BCUT2D eigenvalue weighted by Gasteiger charge is -2.13. The molecule has 0 spiro atoms. The molecule has 0 aliphatic rings. The van der Waals surface area contributed by atoms with Crippen molar-refractivity contribution in [3.8, 4) is 17.2 Å². The van der Waals surface area contributed by atoms with Crippen LogP contribution in [0.4, 0.5) is 5.69 Å². The number of carbonyl (C=O) groups is 1. The van der Waals surface area contributed by atoms with Crippen molar-refractivity contribution in [3.63, 3.8) is 0 Å². The van der Waals surface area contributed by atoms with Gasteiger partial charge in [0.2, 0.25) is 0 Å². The Kier molecular flexibility index (Phi) is 6.49. The van der Waals surface area contributed by atoms with Gasteiger partial charge in [0.25, 0.3) is 5.91 Å². The Hall–Kier alpha value is -2.21. The van der Waals surface area contributed by atoms with Crippen molar-refractivity contribution in [1.82, 2.24) is 0 Å². The molecule has 0 saturated carbocycles. The molecular formula is C18H20BrNO4. The van der Waals surface area contributed by atoms with Crippen LogP contribution >= 0.6 is 15.9 Å². The van der Waals surface area contributed by atoms with E-state index in [4.69, 9.17) is 14.2 Å². The van der Waals surface area contributed by atoms with Crippen molar-refractivity contribution in [3.05, 3.63) is 46.4 Å². The molecule has 0 aromatic heterocycles. The summed E-state index contributed by atoms with van der Waals surface area (Å²) in [6.45, 7) is 2.57. The van der Waals surface area contributed by atoms with E-state index >= 15 is 0 Å². The number of anilines is 1. The largest absolute Gasteiger partial charge is 0.493 e. The molecule has 0 aliphatic heterocycles. The van der Waals surface area contributed by atoms with Crippen molar-refractivity contribution < 1.29 is 19.0 Å². The fourth-order valence-electron chi connectivity index (χ4n) is 2.13. The second-order valence-electron chi connectivity index (χ2n) is 5.01. The quantitative estimate of drug-likeness (QED) is 0.751. The average Bonchev–Trinajstić information content (AvgIpc) is 2.60. The Balaban J connectivity index is 2.25. The molecule has 128 valence electrons. The SMILES string of the molecule is CCCOc1ccc(Br)cc1C(=O)Nc1ccc(OC)c(OC)c1. The summed E-state index contributed by atoms with van der Waals surface area (Å²) in [6, 6.07) is 10.6. The Morgan fingerprint density at radius 1 is 1.04 bits per heavy atom. The van der Waals surface area contributed by atoms with Gasteiger partial charge in [-0.1, -0.05) is 22.9 Å². The van der Waals surface area contributed by atoms with Crippen molar-refractivity contribution in [1.29, 1.82) is 0 Å². The number of nitrogens with one attached hydrogen (secondary N) is 1. The normalized spacial score (nSPS) is 10.2. The lowest BCUT2D eigenvalue weighted by Crippen LogP contribution is -2.14. The van der Waals surface area contributed by atoms with Crippen molar-refractivity contribution in [2.45, 2.75) is 13.3 Å². The topological polar surface area (TPSA) is 56.8 Å². The molecule has 2 aromatic carbocycles. The molecule has 0 atom stereocenters. The van der Waals surface area contributed by atoms with E-state index in [-0.39, 0.29) is 5.91 Å². The summed E-state index contributed by atoms with van der Waals surface area (Å²) in [4.78, 5) is 12.6. The zero-order valence-corrected chi connectivity index (χ0v) is 15.5. The van der Waals surface area contributed by atoms with Gasteiger partial charge in [0, 0.05) is 16.2 Å². The van der Waals surface area contributed by atoms with E-state index in [1.165, 1.54) is 0 Å². The number of carbonyl (C=O) groups excluding carboxylic acids is 1. The molecule has 0 saturated heterocycles. The molecule has 5 nitrogen and oxygen atoms in total. The first-order chi connectivity index (χ1) is 11.6. The average molecular weight is 394 g/mol. The second-order valence-corrected chi connectivity index (χ2v) is 5.93. The van der Waals surface area contributed by atoms with Gasteiger partial charge in [0.05, 0.1) is 26.4 Å².